The molecule has 0 rings (SSSR count). The Bertz CT molecular complexity index is 1020. The number of rotatable bonds is 53. The molecule has 0 saturated heterocycles. The number of carbonyl (C=O) groups excluding carboxylic acids is 3. The second-order valence-electron chi connectivity index (χ2n) is 21.8. The van der Waals surface area contributed by atoms with Gasteiger partial charge in [0.25, 0.3) is 0 Å². The predicted molar refractivity (Wildman–Crippen MR) is 284 cm³/mol. The predicted octanol–water partition coefficient (Wildman–Crippen LogP) is 19.5. The summed E-state index contributed by atoms with van der Waals surface area (Å²) in [5.41, 5.74) is 0. The Morgan fingerprint density at radius 1 is 0.303 bits per heavy atom. The highest BCUT2D eigenvalue weighted by atomic mass is 16.6. The minimum absolute atomic E-state index is 0.0633. The van der Waals surface area contributed by atoms with Gasteiger partial charge in [-0.2, -0.15) is 0 Å². The molecule has 0 bridgehead atoms. The van der Waals surface area contributed by atoms with Gasteiger partial charge >= 0.3 is 17.9 Å². The second-order valence-corrected chi connectivity index (χ2v) is 21.8. The smallest absolute Gasteiger partial charge is 0.306 e. The van der Waals surface area contributed by atoms with Crippen molar-refractivity contribution in [3.63, 3.8) is 0 Å². The van der Waals surface area contributed by atoms with Gasteiger partial charge in [-0.15, -0.1) is 0 Å². The number of carbonyl (C=O) groups is 3. The lowest BCUT2D eigenvalue weighted by atomic mass is 9.99. The van der Waals surface area contributed by atoms with Crippen molar-refractivity contribution in [2.75, 3.05) is 13.2 Å². The van der Waals surface area contributed by atoms with Gasteiger partial charge < -0.3 is 14.2 Å². The van der Waals surface area contributed by atoms with Crippen LogP contribution in [0.25, 0.3) is 0 Å². The maximum absolute atomic E-state index is 12.9. The van der Waals surface area contributed by atoms with Gasteiger partial charge in [-0.3, -0.25) is 14.4 Å². The van der Waals surface area contributed by atoms with E-state index in [0.717, 1.165) is 75.5 Å². The van der Waals surface area contributed by atoms with Crippen LogP contribution in [0.2, 0.25) is 0 Å². The molecule has 6 heteroatoms. The zero-order valence-electron chi connectivity index (χ0n) is 45.5. The molecular formula is C60H116O6. The van der Waals surface area contributed by atoms with Crippen LogP contribution in [0.4, 0.5) is 0 Å². The molecule has 66 heavy (non-hydrogen) atoms. The average Bonchev–Trinajstić information content (AvgIpc) is 3.29. The molecule has 6 nitrogen and oxygen atoms in total. The highest BCUT2D eigenvalue weighted by Gasteiger charge is 2.19. The molecule has 0 aromatic heterocycles. The topological polar surface area (TPSA) is 78.9 Å². The van der Waals surface area contributed by atoms with Crippen molar-refractivity contribution in [1.82, 2.24) is 0 Å². The summed E-state index contributed by atoms with van der Waals surface area (Å²) in [5, 5.41) is 0. The first kappa shape index (κ1) is 64.4. The third-order valence-corrected chi connectivity index (χ3v) is 14.0. The Labute approximate surface area is 412 Å². The van der Waals surface area contributed by atoms with Crippen molar-refractivity contribution in [3.05, 3.63) is 0 Å². The molecule has 0 N–H and O–H groups in total. The monoisotopic (exact) mass is 933 g/mol. The summed E-state index contributed by atoms with van der Waals surface area (Å²) >= 11 is 0. The molecule has 0 amide bonds. The normalized spacial score (nSPS) is 12.5. The maximum Gasteiger partial charge on any atom is 0.306 e. The van der Waals surface area contributed by atoms with Gasteiger partial charge in [-0.25, -0.2) is 0 Å². The molecule has 0 aliphatic rings. The second kappa shape index (κ2) is 51.3. The Balaban J connectivity index is 4.30. The molecule has 392 valence electrons. The van der Waals surface area contributed by atoms with Crippen LogP contribution in [0.5, 0.6) is 0 Å². The first-order valence-electron chi connectivity index (χ1n) is 29.6. The summed E-state index contributed by atoms with van der Waals surface area (Å²) in [5.74, 6) is 1.72. The summed E-state index contributed by atoms with van der Waals surface area (Å²) in [6, 6.07) is 0. The average molecular weight is 934 g/mol. The van der Waals surface area contributed by atoms with Crippen LogP contribution >= 0.6 is 0 Å². The van der Waals surface area contributed by atoms with E-state index in [0.29, 0.717) is 19.3 Å². The van der Waals surface area contributed by atoms with E-state index in [-0.39, 0.29) is 31.1 Å². The van der Waals surface area contributed by atoms with E-state index in [1.165, 1.54) is 212 Å². The van der Waals surface area contributed by atoms with Gasteiger partial charge in [0.05, 0.1) is 0 Å². The zero-order chi connectivity index (χ0) is 48.4. The Morgan fingerprint density at radius 3 is 0.788 bits per heavy atom. The first-order valence-corrected chi connectivity index (χ1v) is 29.6. The minimum Gasteiger partial charge on any atom is -0.462 e. The van der Waals surface area contributed by atoms with Gasteiger partial charge in [-0.1, -0.05) is 292 Å². The maximum atomic E-state index is 12.9. The Morgan fingerprint density at radius 2 is 0.530 bits per heavy atom. The van der Waals surface area contributed by atoms with E-state index >= 15 is 0 Å². The van der Waals surface area contributed by atoms with Crippen molar-refractivity contribution in [2.45, 2.75) is 337 Å². The van der Waals surface area contributed by atoms with Gasteiger partial charge in [0.1, 0.15) is 13.2 Å². The van der Waals surface area contributed by atoms with Crippen LogP contribution in [-0.4, -0.2) is 37.2 Å². The summed E-state index contributed by atoms with van der Waals surface area (Å²) in [6.45, 7) is 13.8. The van der Waals surface area contributed by atoms with Crippen molar-refractivity contribution in [2.24, 2.45) is 17.8 Å². The van der Waals surface area contributed by atoms with Gasteiger partial charge in [0.2, 0.25) is 0 Å². The van der Waals surface area contributed by atoms with Gasteiger partial charge in [-0.05, 0) is 37.0 Å². The quantitative estimate of drug-likeness (QED) is 0.0343. The number of unbranched alkanes of at least 4 members (excludes halogenated alkanes) is 35. The van der Waals surface area contributed by atoms with E-state index in [2.05, 4.69) is 41.5 Å². The molecule has 0 aliphatic carbocycles. The molecule has 0 saturated carbocycles. The van der Waals surface area contributed by atoms with E-state index in [9.17, 15) is 14.4 Å². The third-order valence-electron chi connectivity index (χ3n) is 14.0. The fraction of sp³-hybridized carbons (Fsp3) is 0.950. The zero-order valence-corrected chi connectivity index (χ0v) is 45.5. The van der Waals surface area contributed by atoms with Gasteiger partial charge in [0, 0.05) is 19.3 Å². The third kappa shape index (κ3) is 51.8. The fourth-order valence-electron chi connectivity index (χ4n) is 9.14. The molecule has 0 aromatic carbocycles. The summed E-state index contributed by atoms with van der Waals surface area (Å²) in [4.78, 5) is 38.2. The summed E-state index contributed by atoms with van der Waals surface area (Å²) < 4.78 is 16.9. The van der Waals surface area contributed by atoms with Crippen molar-refractivity contribution in [3.8, 4) is 0 Å². The van der Waals surface area contributed by atoms with Crippen LogP contribution in [0.1, 0.15) is 330 Å². The lowest BCUT2D eigenvalue weighted by Gasteiger charge is -2.18. The molecule has 1 unspecified atom stereocenters. The number of hydrogen-bond acceptors (Lipinski definition) is 6. The molecule has 0 spiro atoms. The van der Waals surface area contributed by atoms with E-state index in [1.807, 2.05) is 0 Å². The molecule has 0 aliphatic heterocycles. The van der Waals surface area contributed by atoms with E-state index in [1.54, 1.807) is 0 Å². The lowest BCUT2D eigenvalue weighted by Crippen LogP contribution is -2.30. The van der Waals surface area contributed by atoms with Crippen molar-refractivity contribution < 1.29 is 28.6 Å². The summed E-state index contributed by atoms with van der Waals surface area (Å²) in [6.07, 6.45) is 53.7. The number of ether oxygens (including phenoxy) is 3. The SMILES string of the molecule is CCC(C)CCCCCCCCCCCCCCCCC(=O)OC[C@@H](COC(=O)CCCCCCCCCCCCCCC(C)C)OC(=O)CCCCCCCCCCCCCCC(C)C. The molecule has 0 radical (unpaired) electrons. The minimum atomic E-state index is -0.764. The molecule has 0 aromatic rings. The highest BCUT2D eigenvalue weighted by Crippen LogP contribution is 2.19. The largest absolute Gasteiger partial charge is 0.462 e. The Hall–Kier alpha value is -1.59. The first-order chi connectivity index (χ1) is 32.1. The van der Waals surface area contributed by atoms with E-state index in [4.69, 9.17) is 14.2 Å². The van der Waals surface area contributed by atoms with Crippen molar-refractivity contribution in [1.29, 1.82) is 0 Å². The molecule has 0 heterocycles. The molecular weight excluding hydrogens is 817 g/mol. The van der Waals surface area contributed by atoms with Crippen LogP contribution in [0.3, 0.4) is 0 Å². The number of hydrogen-bond donors (Lipinski definition) is 0. The standard InChI is InChI=1S/C60H116O6/c1-7-56(6)48-42-36-30-24-18-10-8-9-11-19-25-31-37-43-49-58(61)64-52-57(66-60(63)51-45-39-33-27-21-15-13-17-23-29-35-41-47-55(4)5)53-65-59(62)50-44-38-32-26-20-14-12-16-22-28-34-40-46-54(2)3/h54-57H,7-53H2,1-6H3/t56?,57-/m0/s1. The van der Waals surface area contributed by atoms with Crippen LogP contribution < -0.4 is 0 Å². The Kier molecular flexibility index (Phi) is 50.0. The molecule has 2 atom stereocenters. The van der Waals surface area contributed by atoms with Crippen LogP contribution in [0.15, 0.2) is 0 Å². The summed E-state index contributed by atoms with van der Waals surface area (Å²) in [7, 11) is 0. The fourth-order valence-corrected chi connectivity index (χ4v) is 9.14. The van der Waals surface area contributed by atoms with Gasteiger partial charge in [0.15, 0.2) is 6.10 Å². The highest BCUT2D eigenvalue weighted by molar-refractivity contribution is 5.71. The van der Waals surface area contributed by atoms with Crippen LogP contribution in [-0.2, 0) is 28.6 Å². The number of esters is 3. The lowest BCUT2D eigenvalue weighted by molar-refractivity contribution is -0.167. The molecule has 0 fully saturated rings. The van der Waals surface area contributed by atoms with Crippen LogP contribution in [0, 0.1) is 17.8 Å². The van der Waals surface area contributed by atoms with E-state index < -0.39 is 6.10 Å². The van der Waals surface area contributed by atoms with Crippen molar-refractivity contribution >= 4 is 17.9 Å².